The van der Waals surface area contributed by atoms with Crippen LogP contribution < -0.4 is 10.6 Å². The van der Waals surface area contributed by atoms with Crippen molar-refractivity contribution in [2.45, 2.75) is 19.4 Å². The first kappa shape index (κ1) is 21.5. The van der Waals surface area contributed by atoms with Gasteiger partial charge in [0.15, 0.2) is 0 Å². The normalized spacial score (nSPS) is 10.4. The number of urea groups is 1. The Bertz CT molecular complexity index is 928. The molecule has 1 heterocycles. The predicted molar refractivity (Wildman–Crippen MR) is 117 cm³/mol. The van der Waals surface area contributed by atoms with Crippen LogP contribution >= 0.6 is 11.6 Å². The molecular weight excluding hydrogens is 402 g/mol. The van der Waals surface area contributed by atoms with Crippen LogP contribution in [0.15, 0.2) is 77.4 Å². The van der Waals surface area contributed by atoms with Crippen molar-refractivity contribution in [2.24, 2.45) is 0 Å². The van der Waals surface area contributed by atoms with Gasteiger partial charge < -0.3 is 20.0 Å². The highest BCUT2D eigenvalue weighted by Gasteiger charge is 2.17. The summed E-state index contributed by atoms with van der Waals surface area (Å²) in [4.78, 5) is 26.5. The van der Waals surface area contributed by atoms with Gasteiger partial charge in [-0.05, 0) is 48.4 Å². The number of anilines is 1. The first-order valence-electron chi connectivity index (χ1n) is 9.74. The van der Waals surface area contributed by atoms with Crippen molar-refractivity contribution >= 4 is 29.2 Å². The molecule has 6 nitrogen and oxygen atoms in total. The average molecular weight is 426 g/mol. The van der Waals surface area contributed by atoms with Gasteiger partial charge in [0.25, 0.3) is 0 Å². The van der Waals surface area contributed by atoms with E-state index in [1.165, 1.54) is 5.56 Å². The Morgan fingerprint density at radius 3 is 2.43 bits per heavy atom. The summed E-state index contributed by atoms with van der Waals surface area (Å²) in [6, 6.07) is 20.1. The van der Waals surface area contributed by atoms with Gasteiger partial charge in [-0.1, -0.05) is 41.9 Å². The van der Waals surface area contributed by atoms with E-state index >= 15 is 0 Å². The second-order valence-corrected chi connectivity index (χ2v) is 7.21. The monoisotopic (exact) mass is 425 g/mol. The summed E-state index contributed by atoms with van der Waals surface area (Å²) in [5.74, 6) is 0.542. The Hall–Kier alpha value is -3.25. The molecule has 0 aliphatic rings. The van der Waals surface area contributed by atoms with E-state index in [9.17, 15) is 9.59 Å². The summed E-state index contributed by atoms with van der Waals surface area (Å²) in [5, 5.41) is 6.32. The number of hydrogen-bond donors (Lipinski definition) is 2. The topological polar surface area (TPSA) is 74.6 Å². The molecular formula is C23H24ClN3O3. The maximum absolute atomic E-state index is 12.7. The maximum Gasteiger partial charge on any atom is 0.322 e. The van der Waals surface area contributed by atoms with Crippen molar-refractivity contribution in [3.63, 3.8) is 0 Å². The molecule has 0 fully saturated rings. The van der Waals surface area contributed by atoms with E-state index in [0.717, 1.165) is 6.42 Å². The quantitative estimate of drug-likeness (QED) is 0.521. The number of hydrogen-bond acceptors (Lipinski definition) is 3. The minimum Gasteiger partial charge on any atom is -0.467 e. The van der Waals surface area contributed by atoms with Gasteiger partial charge in [0, 0.05) is 30.2 Å². The molecule has 0 saturated carbocycles. The van der Waals surface area contributed by atoms with Gasteiger partial charge in [0.2, 0.25) is 5.91 Å². The highest BCUT2D eigenvalue weighted by Crippen LogP contribution is 2.15. The van der Waals surface area contributed by atoms with Crippen molar-refractivity contribution < 1.29 is 14.0 Å². The highest BCUT2D eigenvalue weighted by atomic mass is 35.5. The third kappa shape index (κ3) is 6.97. The summed E-state index contributed by atoms with van der Waals surface area (Å²) in [6.07, 6.45) is 2.52. The number of nitrogens with zero attached hydrogens (tertiary/aromatic N) is 1. The first-order valence-corrected chi connectivity index (χ1v) is 10.1. The SMILES string of the molecule is O=C(CCN(Cc1ccco1)C(=O)Nc1ccc(Cl)cc1)NCCc1ccccc1. The summed E-state index contributed by atoms with van der Waals surface area (Å²) < 4.78 is 5.36. The van der Waals surface area contributed by atoms with Crippen LogP contribution in [0.1, 0.15) is 17.7 Å². The van der Waals surface area contributed by atoms with E-state index in [0.29, 0.717) is 23.0 Å². The zero-order chi connectivity index (χ0) is 21.2. The molecule has 3 aromatic rings. The predicted octanol–water partition coefficient (Wildman–Crippen LogP) is 4.72. The zero-order valence-electron chi connectivity index (χ0n) is 16.5. The molecule has 0 spiro atoms. The molecule has 0 radical (unpaired) electrons. The van der Waals surface area contributed by atoms with Gasteiger partial charge in [-0.3, -0.25) is 4.79 Å². The van der Waals surface area contributed by atoms with E-state index in [4.69, 9.17) is 16.0 Å². The molecule has 30 heavy (non-hydrogen) atoms. The van der Waals surface area contributed by atoms with E-state index in [2.05, 4.69) is 10.6 Å². The number of carbonyl (C=O) groups excluding carboxylic acids is 2. The third-order valence-electron chi connectivity index (χ3n) is 4.50. The number of furan rings is 1. The lowest BCUT2D eigenvalue weighted by molar-refractivity contribution is -0.121. The second kappa shape index (κ2) is 11.1. The molecule has 0 bridgehead atoms. The van der Waals surface area contributed by atoms with E-state index < -0.39 is 0 Å². The van der Waals surface area contributed by atoms with Gasteiger partial charge in [-0.25, -0.2) is 4.79 Å². The van der Waals surface area contributed by atoms with Gasteiger partial charge in [-0.15, -0.1) is 0 Å². The largest absolute Gasteiger partial charge is 0.467 e. The molecule has 2 N–H and O–H groups in total. The Labute approximate surface area is 180 Å². The van der Waals surface area contributed by atoms with Crippen LogP contribution in [0.3, 0.4) is 0 Å². The van der Waals surface area contributed by atoms with Crippen LogP contribution in [0.5, 0.6) is 0 Å². The Morgan fingerprint density at radius 1 is 0.967 bits per heavy atom. The van der Waals surface area contributed by atoms with Crippen LogP contribution in [-0.2, 0) is 17.8 Å². The summed E-state index contributed by atoms with van der Waals surface area (Å²) in [6.45, 7) is 1.08. The first-order chi connectivity index (χ1) is 14.6. The van der Waals surface area contributed by atoms with Gasteiger partial charge in [0.05, 0.1) is 12.8 Å². The smallest absolute Gasteiger partial charge is 0.322 e. The van der Waals surface area contributed by atoms with Gasteiger partial charge in [-0.2, -0.15) is 0 Å². The molecule has 0 unspecified atom stereocenters. The maximum atomic E-state index is 12.7. The lowest BCUT2D eigenvalue weighted by Crippen LogP contribution is -2.37. The minimum atomic E-state index is -0.314. The highest BCUT2D eigenvalue weighted by molar-refractivity contribution is 6.30. The molecule has 156 valence electrons. The standard InChI is InChI=1S/C23H24ClN3O3/c24-19-8-10-20(11-9-19)26-23(29)27(17-21-7-4-16-30-21)15-13-22(28)25-14-12-18-5-2-1-3-6-18/h1-11,16H,12-15,17H2,(H,25,28)(H,26,29). The molecule has 0 aliphatic heterocycles. The number of halogens is 1. The lowest BCUT2D eigenvalue weighted by Gasteiger charge is -2.22. The van der Waals surface area contributed by atoms with Crippen molar-refractivity contribution in [2.75, 3.05) is 18.4 Å². The van der Waals surface area contributed by atoms with Crippen molar-refractivity contribution in [1.82, 2.24) is 10.2 Å². The molecule has 2 aromatic carbocycles. The Balaban J connectivity index is 1.51. The molecule has 1 aromatic heterocycles. The molecule has 0 saturated heterocycles. The molecule has 0 aliphatic carbocycles. The molecule has 3 rings (SSSR count). The van der Waals surface area contributed by atoms with Gasteiger partial charge >= 0.3 is 6.03 Å². The number of amides is 3. The van der Waals surface area contributed by atoms with Crippen molar-refractivity contribution in [3.8, 4) is 0 Å². The van der Waals surface area contributed by atoms with Crippen LogP contribution in [-0.4, -0.2) is 29.9 Å². The van der Waals surface area contributed by atoms with E-state index in [-0.39, 0.29) is 31.4 Å². The van der Waals surface area contributed by atoms with Crippen LogP contribution in [0.2, 0.25) is 5.02 Å². The molecule has 0 atom stereocenters. The fourth-order valence-corrected chi connectivity index (χ4v) is 3.02. The molecule has 3 amide bonds. The lowest BCUT2D eigenvalue weighted by atomic mass is 10.1. The molecule has 7 heteroatoms. The van der Waals surface area contributed by atoms with E-state index in [1.807, 2.05) is 30.3 Å². The third-order valence-corrected chi connectivity index (χ3v) is 4.75. The zero-order valence-corrected chi connectivity index (χ0v) is 17.3. The van der Waals surface area contributed by atoms with Crippen molar-refractivity contribution in [1.29, 1.82) is 0 Å². The van der Waals surface area contributed by atoms with Crippen LogP contribution in [0.4, 0.5) is 10.5 Å². The number of rotatable bonds is 9. The fourth-order valence-electron chi connectivity index (χ4n) is 2.89. The van der Waals surface area contributed by atoms with Crippen molar-refractivity contribution in [3.05, 3.63) is 89.3 Å². The number of benzene rings is 2. The fraction of sp³-hybridized carbons (Fsp3) is 0.217. The van der Waals surface area contributed by atoms with Crippen LogP contribution in [0, 0.1) is 0 Å². The Morgan fingerprint density at radius 2 is 1.73 bits per heavy atom. The minimum absolute atomic E-state index is 0.102. The van der Waals surface area contributed by atoms with E-state index in [1.54, 1.807) is 47.6 Å². The van der Waals surface area contributed by atoms with Crippen LogP contribution in [0.25, 0.3) is 0 Å². The summed E-state index contributed by atoms with van der Waals surface area (Å²) in [5.41, 5.74) is 1.79. The number of nitrogens with one attached hydrogen (secondary N) is 2. The Kier molecular flexibility index (Phi) is 7.92. The number of carbonyl (C=O) groups is 2. The summed E-state index contributed by atoms with van der Waals surface area (Å²) >= 11 is 5.89. The average Bonchev–Trinajstić information content (AvgIpc) is 3.27. The second-order valence-electron chi connectivity index (χ2n) is 6.77. The van der Waals surface area contributed by atoms with Gasteiger partial charge in [0.1, 0.15) is 5.76 Å². The summed E-state index contributed by atoms with van der Waals surface area (Å²) in [7, 11) is 0.